The summed E-state index contributed by atoms with van der Waals surface area (Å²) < 4.78 is 0. The highest BCUT2D eigenvalue weighted by Crippen LogP contribution is 2.19. The summed E-state index contributed by atoms with van der Waals surface area (Å²) in [5.41, 5.74) is 0.347. The van der Waals surface area contributed by atoms with Crippen molar-refractivity contribution >= 4 is 17.3 Å². The van der Waals surface area contributed by atoms with Gasteiger partial charge in [-0.1, -0.05) is 13.3 Å². The lowest BCUT2D eigenvalue weighted by Crippen LogP contribution is -2.16. The normalized spacial score (nSPS) is 12.5. The molecule has 0 fully saturated rings. The Morgan fingerprint density at radius 1 is 1.44 bits per heavy atom. The van der Waals surface area contributed by atoms with Crippen molar-refractivity contribution in [2.45, 2.75) is 25.8 Å². The number of nitro benzene ring substituents is 1. The molecule has 1 aromatic rings. The predicted octanol–water partition coefficient (Wildman–Crippen LogP) is 2.93. The summed E-state index contributed by atoms with van der Waals surface area (Å²) in [7, 11) is 0. The number of nitro groups is 1. The van der Waals surface area contributed by atoms with Crippen molar-refractivity contribution < 1.29 is 14.8 Å². The van der Waals surface area contributed by atoms with Crippen LogP contribution in [0.5, 0.6) is 0 Å². The summed E-state index contributed by atoms with van der Waals surface area (Å²) in [5, 5.41) is 26.8. The molecule has 0 bridgehead atoms. The lowest BCUT2D eigenvalue weighted by atomic mass is 10.2. The van der Waals surface area contributed by atoms with Crippen molar-refractivity contribution in [2.24, 2.45) is 10.2 Å². The number of non-ortho nitro benzene ring substituents is 1. The average molecular weight is 251 g/mol. The van der Waals surface area contributed by atoms with Crippen molar-refractivity contribution in [3.8, 4) is 0 Å². The molecule has 0 saturated heterocycles. The molecule has 0 radical (unpaired) electrons. The minimum atomic E-state index is -1.03. The van der Waals surface area contributed by atoms with Gasteiger partial charge in [-0.2, -0.15) is 10.2 Å². The molecule has 0 aliphatic heterocycles. The van der Waals surface area contributed by atoms with E-state index in [1.165, 1.54) is 24.3 Å². The largest absolute Gasteiger partial charge is 0.480 e. The van der Waals surface area contributed by atoms with Crippen LogP contribution in [0.15, 0.2) is 34.5 Å². The summed E-state index contributed by atoms with van der Waals surface area (Å²) in [6, 6.07) is 4.57. The van der Waals surface area contributed by atoms with E-state index in [1.54, 1.807) is 0 Å². The maximum atomic E-state index is 10.8. The third kappa shape index (κ3) is 3.93. The molecule has 0 saturated carbocycles. The summed E-state index contributed by atoms with van der Waals surface area (Å²) in [6.07, 6.45) is 1.10. The molecule has 1 atom stereocenters. The predicted molar refractivity (Wildman–Crippen MR) is 63.9 cm³/mol. The van der Waals surface area contributed by atoms with E-state index in [0.29, 0.717) is 18.5 Å². The SMILES string of the molecule is CCCC(N=Nc1ccc([N+](=O)[O-])cc1)C(=O)O. The molecule has 0 amide bonds. The molecular weight excluding hydrogens is 238 g/mol. The van der Waals surface area contributed by atoms with Gasteiger partial charge in [0.1, 0.15) is 0 Å². The van der Waals surface area contributed by atoms with Crippen molar-refractivity contribution in [2.75, 3.05) is 0 Å². The number of hydrogen-bond acceptors (Lipinski definition) is 5. The standard InChI is InChI=1S/C11H13N3O4/c1-2-3-10(11(15)16)13-12-8-4-6-9(7-5-8)14(17)18/h4-7,10H,2-3H2,1H3,(H,15,16). The smallest absolute Gasteiger partial charge is 0.330 e. The quantitative estimate of drug-likeness (QED) is 0.476. The molecule has 7 nitrogen and oxygen atoms in total. The molecule has 0 aromatic heterocycles. The number of carboxylic acid groups (broad SMARTS) is 1. The van der Waals surface area contributed by atoms with Crippen molar-refractivity contribution in [3.63, 3.8) is 0 Å². The van der Waals surface area contributed by atoms with Crippen LogP contribution >= 0.6 is 0 Å². The van der Waals surface area contributed by atoms with E-state index in [-0.39, 0.29) is 5.69 Å². The Morgan fingerprint density at radius 2 is 2.06 bits per heavy atom. The first-order valence-electron chi connectivity index (χ1n) is 5.42. The van der Waals surface area contributed by atoms with Crippen LogP contribution in [0.2, 0.25) is 0 Å². The van der Waals surface area contributed by atoms with Gasteiger partial charge in [0.15, 0.2) is 6.04 Å². The van der Waals surface area contributed by atoms with E-state index < -0.39 is 16.9 Å². The average Bonchev–Trinajstić information content (AvgIpc) is 2.34. The van der Waals surface area contributed by atoms with Crippen molar-refractivity contribution in [1.82, 2.24) is 0 Å². The van der Waals surface area contributed by atoms with Gasteiger partial charge < -0.3 is 5.11 Å². The van der Waals surface area contributed by atoms with E-state index in [2.05, 4.69) is 10.2 Å². The van der Waals surface area contributed by atoms with E-state index >= 15 is 0 Å². The first-order chi connectivity index (χ1) is 8.54. The topological polar surface area (TPSA) is 105 Å². The summed E-state index contributed by atoms with van der Waals surface area (Å²) in [5.74, 6) is -1.03. The van der Waals surface area contributed by atoms with Crippen LogP contribution in [0.25, 0.3) is 0 Å². The van der Waals surface area contributed by atoms with E-state index in [4.69, 9.17) is 5.11 Å². The van der Waals surface area contributed by atoms with Gasteiger partial charge in [-0.15, -0.1) is 0 Å². The minimum absolute atomic E-state index is 0.0442. The Kier molecular flexibility index (Phi) is 4.91. The van der Waals surface area contributed by atoms with Gasteiger partial charge >= 0.3 is 5.97 Å². The number of azo groups is 1. The second-order valence-electron chi connectivity index (χ2n) is 3.63. The van der Waals surface area contributed by atoms with Crippen molar-refractivity contribution in [1.29, 1.82) is 0 Å². The van der Waals surface area contributed by atoms with Crippen LogP contribution in [-0.4, -0.2) is 22.0 Å². The molecule has 0 aliphatic carbocycles. The van der Waals surface area contributed by atoms with Gasteiger partial charge in [0.05, 0.1) is 10.6 Å². The molecule has 7 heteroatoms. The van der Waals surface area contributed by atoms with E-state index in [9.17, 15) is 14.9 Å². The van der Waals surface area contributed by atoms with Crippen LogP contribution in [-0.2, 0) is 4.79 Å². The van der Waals surface area contributed by atoms with Crippen molar-refractivity contribution in [3.05, 3.63) is 34.4 Å². The maximum absolute atomic E-state index is 10.8. The number of rotatable bonds is 6. The molecule has 18 heavy (non-hydrogen) atoms. The molecule has 1 unspecified atom stereocenters. The lowest BCUT2D eigenvalue weighted by Gasteiger charge is -2.02. The highest BCUT2D eigenvalue weighted by molar-refractivity contribution is 5.73. The summed E-state index contributed by atoms with van der Waals surface area (Å²) in [6.45, 7) is 1.86. The van der Waals surface area contributed by atoms with E-state index in [0.717, 1.165) is 0 Å². The fourth-order valence-electron chi connectivity index (χ4n) is 1.28. The second-order valence-corrected chi connectivity index (χ2v) is 3.63. The Balaban J connectivity index is 2.76. The minimum Gasteiger partial charge on any atom is -0.480 e. The van der Waals surface area contributed by atoms with Crippen LogP contribution in [0.3, 0.4) is 0 Å². The van der Waals surface area contributed by atoms with E-state index in [1.807, 2.05) is 6.92 Å². The third-order valence-electron chi connectivity index (χ3n) is 2.22. The molecule has 96 valence electrons. The highest BCUT2D eigenvalue weighted by Gasteiger charge is 2.14. The monoisotopic (exact) mass is 251 g/mol. The molecule has 1 rings (SSSR count). The Hall–Kier alpha value is -2.31. The van der Waals surface area contributed by atoms with Crippen LogP contribution in [0.4, 0.5) is 11.4 Å². The third-order valence-corrected chi connectivity index (χ3v) is 2.22. The molecule has 0 spiro atoms. The Bertz CT molecular complexity index is 456. The number of benzene rings is 1. The fraction of sp³-hybridized carbons (Fsp3) is 0.364. The lowest BCUT2D eigenvalue weighted by molar-refractivity contribution is -0.384. The van der Waals surface area contributed by atoms with Crippen LogP contribution < -0.4 is 0 Å². The zero-order chi connectivity index (χ0) is 13.5. The first kappa shape index (κ1) is 13.8. The molecule has 0 aliphatic rings. The van der Waals surface area contributed by atoms with Gasteiger partial charge in [-0.3, -0.25) is 10.1 Å². The fourth-order valence-corrected chi connectivity index (χ4v) is 1.28. The zero-order valence-electron chi connectivity index (χ0n) is 9.81. The Morgan fingerprint density at radius 3 is 2.50 bits per heavy atom. The molecule has 1 N–H and O–H groups in total. The van der Waals surface area contributed by atoms with Gasteiger partial charge in [-0.05, 0) is 18.6 Å². The highest BCUT2D eigenvalue weighted by atomic mass is 16.6. The number of hydrogen-bond donors (Lipinski definition) is 1. The zero-order valence-corrected chi connectivity index (χ0v) is 9.81. The molecular formula is C11H13N3O4. The number of aliphatic carboxylic acids is 1. The maximum Gasteiger partial charge on any atom is 0.330 e. The number of nitrogens with zero attached hydrogens (tertiary/aromatic N) is 3. The Labute approximate surface area is 103 Å². The van der Waals surface area contributed by atoms with Gasteiger partial charge in [-0.25, -0.2) is 4.79 Å². The van der Waals surface area contributed by atoms with Gasteiger partial charge in [0.25, 0.3) is 5.69 Å². The van der Waals surface area contributed by atoms with Gasteiger partial charge in [0.2, 0.25) is 0 Å². The summed E-state index contributed by atoms with van der Waals surface area (Å²) in [4.78, 5) is 20.7. The first-order valence-corrected chi connectivity index (χ1v) is 5.42. The van der Waals surface area contributed by atoms with Crippen LogP contribution in [0, 0.1) is 10.1 Å². The van der Waals surface area contributed by atoms with Gasteiger partial charge in [0, 0.05) is 12.1 Å². The molecule has 1 aromatic carbocycles. The summed E-state index contributed by atoms with van der Waals surface area (Å²) >= 11 is 0. The number of carbonyl (C=O) groups is 1. The number of carboxylic acids is 1. The second kappa shape index (κ2) is 6.43. The molecule has 0 heterocycles. The van der Waals surface area contributed by atoms with Crippen LogP contribution in [0.1, 0.15) is 19.8 Å².